The van der Waals surface area contributed by atoms with Crippen molar-refractivity contribution in [2.24, 2.45) is 0 Å². The first-order valence-electron chi connectivity index (χ1n) is 27.1. The van der Waals surface area contributed by atoms with Crippen LogP contribution < -0.4 is 5.32 Å². The number of likely N-dealkylation sites (N-methyl/N-ethyl adjacent to an activating group) is 1. The van der Waals surface area contributed by atoms with Crippen molar-refractivity contribution in [3.63, 3.8) is 0 Å². The van der Waals surface area contributed by atoms with Crippen LogP contribution >= 0.6 is 7.82 Å². The first kappa shape index (κ1) is 63.7. The van der Waals surface area contributed by atoms with Crippen LogP contribution in [-0.4, -0.2) is 74.3 Å². The van der Waals surface area contributed by atoms with Gasteiger partial charge in [0.1, 0.15) is 19.3 Å². The number of phosphoric acid groups is 1. The van der Waals surface area contributed by atoms with Crippen LogP contribution in [0.4, 0.5) is 0 Å². The summed E-state index contributed by atoms with van der Waals surface area (Å²) < 4.78 is 30.5. The fraction of sp³-hybridized carbons (Fsp3) is 0.786. The molecule has 0 aliphatic rings. The van der Waals surface area contributed by atoms with E-state index < -0.39 is 20.0 Å². The number of ether oxygens (including phenoxy) is 1. The van der Waals surface area contributed by atoms with E-state index in [0.717, 1.165) is 83.5 Å². The molecular formula is C56H104N2O7P+. The van der Waals surface area contributed by atoms with E-state index >= 15 is 0 Å². The van der Waals surface area contributed by atoms with E-state index in [4.69, 9.17) is 13.8 Å². The van der Waals surface area contributed by atoms with Crippen molar-refractivity contribution < 1.29 is 37.3 Å². The molecule has 0 aliphatic carbocycles. The van der Waals surface area contributed by atoms with Crippen LogP contribution in [-0.2, 0) is 27.9 Å². The maximum Gasteiger partial charge on any atom is 0.472 e. The minimum absolute atomic E-state index is 0.0331. The van der Waals surface area contributed by atoms with Crippen molar-refractivity contribution in [1.29, 1.82) is 0 Å². The van der Waals surface area contributed by atoms with Crippen LogP contribution in [0.1, 0.15) is 233 Å². The number of nitrogens with zero attached hydrogens (tertiary/aromatic N) is 1. The molecule has 0 spiro atoms. The minimum atomic E-state index is -4.45. The van der Waals surface area contributed by atoms with Crippen LogP contribution in [0.25, 0.3) is 0 Å². The summed E-state index contributed by atoms with van der Waals surface area (Å²) in [5.74, 6) is -0.541. The Morgan fingerprint density at radius 2 is 0.970 bits per heavy atom. The molecule has 1 amide bonds. The number of esters is 1. The summed E-state index contributed by atoms with van der Waals surface area (Å²) in [6, 6.07) is -0.862. The van der Waals surface area contributed by atoms with Gasteiger partial charge < -0.3 is 19.4 Å². The van der Waals surface area contributed by atoms with Gasteiger partial charge in [0.2, 0.25) is 5.91 Å². The summed E-state index contributed by atoms with van der Waals surface area (Å²) >= 11 is 0. The van der Waals surface area contributed by atoms with Gasteiger partial charge in [-0.15, -0.1) is 0 Å². The number of carbonyl (C=O) groups is 2. The third kappa shape index (κ3) is 46.8. The number of nitrogens with one attached hydrogen (secondary N) is 1. The average molecular weight is 948 g/mol. The molecule has 0 aliphatic heterocycles. The molecule has 66 heavy (non-hydrogen) atoms. The molecular weight excluding hydrogens is 844 g/mol. The number of amides is 1. The fourth-order valence-electron chi connectivity index (χ4n) is 7.52. The highest BCUT2D eigenvalue weighted by atomic mass is 31.2. The van der Waals surface area contributed by atoms with Gasteiger partial charge in [-0.2, -0.15) is 0 Å². The number of carbonyl (C=O) groups excluding carboxylic acids is 2. The fourth-order valence-corrected chi connectivity index (χ4v) is 8.25. The summed E-state index contributed by atoms with van der Waals surface area (Å²) in [4.78, 5) is 37.4. The molecule has 3 unspecified atom stereocenters. The highest BCUT2D eigenvalue weighted by molar-refractivity contribution is 7.47. The molecule has 384 valence electrons. The van der Waals surface area contributed by atoms with Crippen LogP contribution in [0.3, 0.4) is 0 Å². The number of rotatable bonds is 48. The number of phosphoric ester groups is 1. The Labute approximate surface area is 407 Å². The first-order chi connectivity index (χ1) is 31.9. The molecule has 0 saturated heterocycles. The largest absolute Gasteiger partial charge is 0.472 e. The van der Waals surface area contributed by atoms with Crippen molar-refractivity contribution in [2.75, 3.05) is 40.9 Å². The lowest BCUT2D eigenvalue weighted by Gasteiger charge is -2.27. The maximum atomic E-state index is 13.4. The number of hydrogen-bond acceptors (Lipinski definition) is 6. The third-order valence-corrected chi connectivity index (χ3v) is 12.7. The Balaban J connectivity index is 5.43. The lowest BCUT2D eigenvalue weighted by atomic mass is 10.0. The molecule has 0 aromatic heterocycles. The maximum absolute atomic E-state index is 13.4. The number of hydrogen-bond donors (Lipinski definition) is 2. The first-order valence-corrected chi connectivity index (χ1v) is 28.6. The predicted octanol–water partition coefficient (Wildman–Crippen LogP) is 15.9. The van der Waals surface area contributed by atoms with Gasteiger partial charge in [-0.25, -0.2) is 4.57 Å². The van der Waals surface area contributed by atoms with Gasteiger partial charge in [-0.1, -0.05) is 210 Å². The summed E-state index contributed by atoms with van der Waals surface area (Å²) in [6.07, 6.45) is 56.4. The molecule has 9 nitrogen and oxygen atoms in total. The molecule has 0 saturated carbocycles. The Hall–Kier alpha value is -2.29. The molecule has 10 heteroatoms. The lowest BCUT2D eigenvalue weighted by molar-refractivity contribution is -0.870. The molecule has 0 rings (SSSR count). The second-order valence-corrected chi connectivity index (χ2v) is 20.8. The smallest absolute Gasteiger partial charge is 0.456 e. The van der Waals surface area contributed by atoms with Gasteiger partial charge in [0, 0.05) is 12.8 Å². The Morgan fingerprint density at radius 3 is 1.47 bits per heavy atom. The predicted molar refractivity (Wildman–Crippen MR) is 282 cm³/mol. The highest BCUT2D eigenvalue weighted by Crippen LogP contribution is 2.43. The number of unbranched alkanes of at least 4 members (excludes halogenated alkanes) is 24. The lowest BCUT2D eigenvalue weighted by Crippen LogP contribution is -2.47. The van der Waals surface area contributed by atoms with E-state index in [-0.39, 0.29) is 31.5 Å². The summed E-state index contributed by atoms with van der Waals surface area (Å²) in [6.45, 7) is 6.85. The zero-order chi connectivity index (χ0) is 48.7. The van der Waals surface area contributed by atoms with Crippen LogP contribution in [0, 0.1) is 0 Å². The van der Waals surface area contributed by atoms with E-state index in [1.807, 2.05) is 33.3 Å². The molecule has 0 fully saturated rings. The van der Waals surface area contributed by atoms with E-state index in [0.29, 0.717) is 23.9 Å². The van der Waals surface area contributed by atoms with E-state index in [9.17, 15) is 19.0 Å². The van der Waals surface area contributed by atoms with Crippen molar-refractivity contribution >= 4 is 19.7 Å². The van der Waals surface area contributed by atoms with Crippen LogP contribution in [0.2, 0.25) is 0 Å². The Bertz CT molecular complexity index is 1320. The molecule has 2 N–H and O–H groups in total. The quantitative estimate of drug-likeness (QED) is 0.0205. The molecule has 3 atom stereocenters. The Kier molecular flexibility index (Phi) is 44.8. The van der Waals surface area contributed by atoms with Crippen LogP contribution in [0.15, 0.2) is 60.8 Å². The van der Waals surface area contributed by atoms with Gasteiger partial charge >= 0.3 is 13.8 Å². The summed E-state index contributed by atoms with van der Waals surface area (Å²) in [7, 11) is 1.47. The van der Waals surface area contributed by atoms with Gasteiger partial charge in [-0.3, -0.25) is 18.6 Å². The van der Waals surface area contributed by atoms with Gasteiger partial charge in [0.05, 0.1) is 33.8 Å². The molecule has 0 radical (unpaired) electrons. The van der Waals surface area contributed by atoms with E-state index in [1.54, 1.807) is 0 Å². The van der Waals surface area contributed by atoms with Crippen molar-refractivity contribution in [3.05, 3.63) is 60.8 Å². The zero-order valence-corrected chi connectivity index (χ0v) is 44.6. The second kappa shape index (κ2) is 46.4. The Morgan fingerprint density at radius 1 is 0.545 bits per heavy atom. The standard InChI is InChI=1S/C56H103N2O7P/c1-7-10-13-16-19-22-25-27-28-29-31-33-36-39-42-45-48-55(59)57-53(52-64-66(61,62)63-51-50-58(4,5)6)54(47-44-41-38-35-32-24-21-18-15-12-9-3)65-56(60)49-46-43-40-37-34-30-26-23-20-17-14-11-8-2/h10,13,19,22,27-28,31,33,44,47,53-54H,7-9,11-12,14-18,20-21,23-26,29-30,32,34-43,45-46,48-52H2,1-6H3,(H-,57,59,61,62)/p+1/b13-10+,22-19+,28-27+,33-31+,47-44+. The molecule has 0 aromatic carbocycles. The average Bonchev–Trinajstić information content (AvgIpc) is 3.27. The van der Waals surface area contributed by atoms with Crippen LogP contribution in [0.5, 0.6) is 0 Å². The normalized spacial score (nSPS) is 14.3. The summed E-state index contributed by atoms with van der Waals surface area (Å²) in [5.41, 5.74) is 0. The van der Waals surface area contributed by atoms with E-state index in [1.165, 1.54) is 109 Å². The van der Waals surface area contributed by atoms with Crippen molar-refractivity contribution in [3.8, 4) is 0 Å². The SMILES string of the molecule is CC/C=C/C/C=C/C/C=C/C/C=C/CCCCCC(=O)NC(COP(=O)(O)OCC[N+](C)(C)C)C(/C=C/CCCCCCCCCCC)OC(=O)CCCCCCCCCCCCCCC. The van der Waals surface area contributed by atoms with E-state index in [2.05, 4.69) is 74.7 Å². The molecule has 0 aromatic rings. The zero-order valence-electron chi connectivity index (χ0n) is 43.7. The van der Waals surface area contributed by atoms with Crippen molar-refractivity contribution in [1.82, 2.24) is 5.32 Å². The molecule has 0 heterocycles. The molecule has 0 bridgehead atoms. The van der Waals surface area contributed by atoms with Crippen molar-refractivity contribution in [2.45, 2.75) is 245 Å². The monoisotopic (exact) mass is 948 g/mol. The highest BCUT2D eigenvalue weighted by Gasteiger charge is 2.30. The topological polar surface area (TPSA) is 111 Å². The van der Waals surface area contributed by atoms with Gasteiger partial charge in [0.15, 0.2) is 0 Å². The second-order valence-electron chi connectivity index (χ2n) is 19.4. The van der Waals surface area contributed by atoms with Gasteiger partial charge in [0.25, 0.3) is 0 Å². The summed E-state index contributed by atoms with van der Waals surface area (Å²) in [5, 5.41) is 3.02. The number of quaternary nitrogens is 1. The minimum Gasteiger partial charge on any atom is -0.456 e. The number of allylic oxidation sites excluding steroid dienone is 9. The third-order valence-electron chi connectivity index (χ3n) is 11.7. The van der Waals surface area contributed by atoms with Gasteiger partial charge in [-0.05, 0) is 70.3 Å².